The van der Waals surface area contributed by atoms with E-state index in [0.717, 1.165) is 28.9 Å². The van der Waals surface area contributed by atoms with Crippen LogP contribution in [0.3, 0.4) is 0 Å². The number of ether oxygens (including phenoxy) is 2. The summed E-state index contributed by atoms with van der Waals surface area (Å²) in [7, 11) is 0. The average molecular weight is 401 g/mol. The van der Waals surface area contributed by atoms with E-state index in [1.54, 1.807) is 12.1 Å². The van der Waals surface area contributed by atoms with Gasteiger partial charge >= 0.3 is 5.97 Å². The summed E-state index contributed by atoms with van der Waals surface area (Å²) in [4.78, 5) is 12.8. The van der Waals surface area contributed by atoms with Crippen molar-refractivity contribution in [2.75, 3.05) is 0 Å². The average Bonchev–Trinajstić information content (AvgIpc) is 2.67. The highest BCUT2D eigenvalue weighted by Crippen LogP contribution is 2.50. The second-order valence-electron chi connectivity index (χ2n) is 9.15. The van der Waals surface area contributed by atoms with Gasteiger partial charge in [-0.2, -0.15) is 0 Å². The van der Waals surface area contributed by atoms with Crippen molar-refractivity contribution in [1.29, 1.82) is 0 Å². The second-order valence-corrected chi connectivity index (χ2v) is 9.15. The maximum absolute atomic E-state index is 12.8. The van der Waals surface area contributed by atoms with Crippen LogP contribution in [0.1, 0.15) is 59.8 Å². The maximum atomic E-state index is 12.8. The minimum absolute atomic E-state index is 0.0817. The Kier molecular flexibility index (Phi) is 4.93. The molecule has 154 valence electrons. The third-order valence-corrected chi connectivity index (χ3v) is 5.90. The van der Waals surface area contributed by atoms with Crippen LogP contribution < -0.4 is 9.47 Å². The molecule has 0 bridgehead atoms. The fourth-order valence-electron chi connectivity index (χ4n) is 4.52. The molecular formula is C27H28O3. The number of hydrogen-bond donors (Lipinski definition) is 0. The van der Waals surface area contributed by atoms with E-state index in [-0.39, 0.29) is 11.4 Å². The number of esters is 1. The number of fused-ring (bicyclic) bond motifs is 1. The van der Waals surface area contributed by atoms with Crippen LogP contribution in [0.4, 0.5) is 0 Å². The van der Waals surface area contributed by atoms with Crippen molar-refractivity contribution in [1.82, 2.24) is 0 Å². The van der Waals surface area contributed by atoms with Crippen LogP contribution in [0.2, 0.25) is 0 Å². The first kappa shape index (κ1) is 20.2. The fraction of sp³-hybridized carbons (Fsp3) is 0.296. The number of carbonyl (C=O) groups is 1. The molecule has 0 fully saturated rings. The number of carbonyl (C=O) groups excluding carboxylic acids is 1. The van der Waals surface area contributed by atoms with Gasteiger partial charge in [0.25, 0.3) is 0 Å². The third-order valence-electron chi connectivity index (χ3n) is 5.90. The van der Waals surface area contributed by atoms with E-state index in [1.165, 1.54) is 5.56 Å². The van der Waals surface area contributed by atoms with Crippen LogP contribution in [0.15, 0.2) is 66.7 Å². The molecule has 0 aliphatic carbocycles. The van der Waals surface area contributed by atoms with Crippen LogP contribution in [0.25, 0.3) is 0 Å². The number of aryl methyl sites for hydroxylation is 2. The summed E-state index contributed by atoms with van der Waals surface area (Å²) in [6.45, 7) is 10.6. The van der Waals surface area contributed by atoms with Gasteiger partial charge in [-0.1, -0.05) is 56.3 Å². The van der Waals surface area contributed by atoms with Gasteiger partial charge in [0.2, 0.25) is 0 Å². The predicted molar refractivity (Wildman–Crippen MR) is 119 cm³/mol. The molecule has 4 rings (SSSR count). The van der Waals surface area contributed by atoms with Gasteiger partial charge in [0.1, 0.15) is 17.1 Å². The van der Waals surface area contributed by atoms with E-state index in [4.69, 9.17) is 9.47 Å². The Morgan fingerprint density at radius 2 is 1.50 bits per heavy atom. The molecule has 1 unspecified atom stereocenters. The number of benzene rings is 3. The number of hydrogen-bond acceptors (Lipinski definition) is 3. The second kappa shape index (κ2) is 7.32. The Morgan fingerprint density at radius 1 is 0.867 bits per heavy atom. The Hall–Kier alpha value is -3.07. The summed E-state index contributed by atoms with van der Waals surface area (Å²) < 4.78 is 12.5. The standard InChI is InChI=1S/C27H28O3/c1-18-12-14-22(23(15-18)29-25(28)20-9-7-6-8-10-20)27(5)17-26(3,4)21-13-11-19(2)16-24(21)30-27/h6-16H,17H2,1-5H3. The molecule has 1 atom stereocenters. The highest BCUT2D eigenvalue weighted by molar-refractivity contribution is 5.91. The molecule has 3 heteroatoms. The zero-order valence-corrected chi connectivity index (χ0v) is 18.3. The highest BCUT2D eigenvalue weighted by atomic mass is 16.5. The van der Waals surface area contributed by atoms with Crippen LogP contribution in [-0.4, -0.2) is 5.97 Å². The summed E-state index contributed by atoms with van der Waals surface area (Å²) >= 11 is 0. The first-order valence-corrected chi connectivity index (χ1v) is 10.4. The molecule has 3 nitrogen and oxygen atoms in total. The molecule has 1 aliphatic heterocycles. The predicted octanol–water partition coefficient (Wildman–Crippen LogP) is 6.50. The van der Waals surface area contributed by atoms with Crippen molar-refractivity contribution in [2.24, 2.45) is 0 Å². The molecule has 0 N–H and O–H groups in total. The lowest BCUT2D eigenvalue weighted by Gasteiger charge is -2.45. The SMILES string of the molecule is Cc1ccc2c(c1)OC(C)(c1ccc(C)cc1OC(=O)c1ccccc1)CC2(C)C. The van der Waals surface area contributed by atoms with Crippen LogP contribution in [-0.2, 0) is 11.0 Å². The molecule has 1 heterocycles. The van der Waals surface area contributed by atoms with Gasteiger partial charge in [-0.15, -0.1) is 0 Å². The first-order valence-electron chi connectivity index (χ1n) is 10.4. The van der Waals surface area contributed by atoms with Crippen molar-refractivity contribution in [3.63, 3.8) is 0 Å². The van der Waals surface area contributed by atoms with E-state index in [2.05, 4.69) is 45.9 Å². The molecule has 0 spiro atoms. The summed E-state index contributed by atoms with van der Waals surface area (Å²) in [5, 5.41) is 0. The molecule has 30 heavy (non-hydrogen) atoms. The van der Waals surface area contributed by atoms with Gasteiger partial charge in [-0.05, 0) is 67.1 Å². The lowest BCUT2D eigenvalue weighted by atomic mass is 9.71. The lowest BCUT2D eigenvalue weighted by Crippen LogP contribution is -2.42. The monoisotopic (exact) mass is 400 g/mol. The molecule has 0 aromatic heterocycles. The van der Waals surface area contributed by atoms with Gasteiger partial charge in [0.05, 0.1) is 5.56 Å². The Labute approximate surface area is 178 Å². The van der Waals surface area contributed by atoms with E-state index < -0.39 is 5.60 Å². The molecule has 3 aromatic rings. The van der Waals surface area contributed by atoms with Crippen LogP contribution >= 0.6 is 0 Å². The lowest BCUT2D eigenvalue weighted by molar-refractivity contribution is 0.0296. The maximum Gasteiger partial charge on any atom is 0.343 e. The molecule has 3 aromatic carbocycles. The van der Waals surface area contributed by atoms with Crippen molar-refractivity contribution in [3.05, 3.63) is 94.5 Å². The van der Waals surface area contributed by atoms with E-state index in [0.29, 0.717) is 11.3 Å². The fourth-order valence-corrected chi connectivity index (χ4v) is 4.52. The third kappa shape index (κ3) is 3.72. The van der Waals surface area contributed by atoms with Gasteiger partial charge in [-0.3, -0.25) is 0 Å². The van der Waals surface area contributed by atoms with Crippen LogP contribution in [0.5, 0.6) is 11.5 Å². The smallest absolute Gasteiger partial charge is 0.343 e. The zero-order valence-electron chi connectivity index (χ0n) is 18.3. The van der Waals surface area contributed by atoms with Gasteiger partial charge in [-0.25, -0.2) is 4.79 Å². The molecule has 0 saturated carbocycles. The van der Waals surface area contributed by atoms with Gasteiger partial charge in [0.15, 0.2) is 0 Å². The van der Waals surface area contributed by atoms with Crippen LogP contribution in [0, 0.1) is 13.8 Å². The summed E-state index contributed by atoms with van der Waals surface area (Å²) in [6.07, 6.45) is 0.773. The van der Waals surface area contributed by atoms with E-state index in [9.17, 15) is 4.79 Å². The number of rotatable bonds is 3. The van der Waals surface area contributed by atoms with Crippen molar-refractivity contribution in [2.45, 2.75) is 52.1 Å². The van der Waals surface area contributed by atoms with Crippen molar-refractivity contribution >= 4 is 5.97 Å². The van der Waals surface area contributed by atoms with Gasteiger partial charge < -0.3 is 9.47 Å². The minimum atomic E-state index is -0.621. The van der Waals surface area contributed by atoms with E-state index in [1.807, 2.05) is 43.3 Å². The molecule has 1 aliphatic rings. The topological polar surface area (TPSA) is 35.5 Å². The highest BCUT2D eigenvalue weighted by Gasteiger charge is 2.44. The first-order chi connectivity index (χ1) is 14.2. The quantitative estimate of drug-likeness (QED) is 0.372. The summed E-state index contributed by atoms with van der Waals surface area (Å²) in [5.74, 6) is 1.09. The van der Waals surface area contributed by atoms with Gasteiger partial charge in [0, 0.05) is 12.0 Å². The molecule has 0 saturated heterocycles. The Balaban J connectivity index is 1.76. The zero-order chi connectivity index (χ0) is 21.5. The molecule has 0 amide bonds. The minimum Gasteiger partial charge on any atom is -0.482 e. The summed E-state index contributed by atoms with van der Waals surface area (Å²) in [6, 6.07) is 21.5. The van der Waals surface area contributed by atoms with Crippen molar-refractivity contribution in [3.8, 4) is 11.5 Å². The Morgan fingerprint density at radius 3 is 2.20 bits per heavy atom. The molecular weight excluding hydrogens is 372 g/mol. The normalized spacial score (nSPS) is 19.5. The summed E-state index contributed by atoms with van der Waals surface area (Å²) in [5.41, 5.74) is 4.11. The Bertz CT molecular complexity index is 1100. The van der Waals surface area contributed by atoms with Crippen molar-refractivity contribution < 1.29 is 14.3 Å². The molecule has 0 radical (unpaired) electrons. The van der Waals surface area contributed by atoms with E-state index >= 15 is 0 Å². The largest absolute Gasteiger partial charge is 0.482 e.